The van der Waals surface area contributed by atoms with E-state index >= 15 is 0 Å². The summed E-state index contributed by atoms with van der Waals surface area (Å²) in [6.07, 6.45) is 2.85. The lowest BCUT2D eigenvalue weighted by Crippen LogP contribution is -2.46. The molecule has 0 aliphatic carbocycles. The lowest BCUT2D eigenvalue weighted by Gasteiger charge is -2.42. The van der Waals surface area contributed by atoms with Crippen molar-refractivity contribution in [2.45, 2.75) is 82.2 Å². The number of aliphatic hydroxyl groups excluding tert-OH is 1. The first-order chi connectivity index (χ1) is 25.7. The number of likely N-dealkylation sites (tertiary alicyclic amines) is 1. The minimum atomic E-state index is -0.880. The van der Waals surface area contributed by atoms with Crippen LogP contribution in [0, 0.1) is 0 Å². The van der Waals surface area contributed by atoms with Crippen LogP contribution in [0.3, 0.4) is 0 Å². The van der Waals surface area contributed by atoms with Crippen molar-refractivity contribution in [2.75, 3.05) is 30.7 Å². The number of amides is 2. The van der Waals surface area contributed by atoms with Gasteiger partial charge < -0.3 is 41.0 Å². The number of halogens is 1. The van der Waals surface area contributed by atoms with E-state index in [0.29, 0.717) is 74.4 Å². The lowest BCUT2D eigenvalue weighted by atomic mass is 9.84. The zero-order chi connectivity index (χ0) is 37.2. The molecular formula is C42H49ClN4O6. The molecule has 3 atom stereocenters. The van der Waals surface area contributed by atoms with Gasteiger partial charge in [-0.2, -0.15) is 0 Å². The maximum Gasteiger partial charge on any atom is 0.224 e. The molecule has 0 aromatic heterocycles. The summed E-state index contributed by atoms with van der Waals surface area (Å²) in [5.41, 5.74) is 10.7. The first-order valence-electron chi connectivity index (χ1n) is 18.4. The van der Waals surface area contributed by atoms with Crippen molar-refractivity contribution in [1.82, 2.24) is 10.2 Å². The molecule has 2 heterocycles. The van der Waals surface area contributed by atoms with E-state index in [1.54, 1.807) is 12.1 Å². The second kappa shape index (κ2) is 18.2. The van der Waals surface area contributed by atoms with Crippen LogP contribution in [-0.4, -0.2) is 52.7 Å². The quantitative estimate of drug-likeness (QED) is 0.0705. The van der Waals surface area contributed by atoms with E-state index in [2.05, 4.69) is 15.5 Å². The molecule has 3 unspecified atom stereocenters. The Bertz CT molecular complexity index is 1800. The van der Waals surface area contributed by atoms with Crippen LogP contribution in [0.1, 0.15) is 85.2 Å². The minimum Gasteiger partial charge on any atom is -0.397 e. The van der Waals surface area contributed by atoms with Crippen LogP contribution in [0.5, 0.6) is 0 Å². The van der Waals surface area contributed by atoms with Gasteiger partial charge in [0, 0.05) is 56.0 Å². The van der Waals surface area contributed by atoms with Crippen molar-refractivity contribution in [1.29, 1.82) is 0 Å². The number of carbonyl (C=O) groups excluding carboxylic acids is 2. The Hall–Kier alpha value is -4.29. The molecule has 2 aliphatic heterocycles. The van der Waals surface area contributed by atoms with Gasteiger partial charge in [0.2, 0.25) is 11.8 Å². The Balaban J connectivity index is 1.00. The van der Waals surface area contributed by atoms with Crippen LogP contribution < -0.4 is 16.4 Å². The fourth-order valence-electron chi connectivity index (χ4n) is 6.95. The fourth-order valence-corrected chi connectivity index (χ4v) is 7.08. The van der Waals surface area contributed by atoms with Crippen LogP contribution in [-0.2, 0) is 37.8 Å². The minimum absolute atomic E-state index is 0.0194. The predicted molar refractivity (Wildman–Crippen MR) is 206 cm³/mol. The highest BCUT2D eigenvalue weighted by atomic mass is 35.5. The normalized spacial score (nSPS) is 20.1. The van der Waals surface area contributed by atoms with Gasteiger partial charge in [-0.1, -0.05) is 84.4 Å². The first-order valence-corrected chi connectivity index (χ1v) is 18.8. The number of para-hydroxylation sites is 2. The van der Waals surface area contributed by atoms with Crippen molar-refractivity contribution < 1.29 is 29.3 Å². The highest BCUT2D eigenvalue weighted by molar-refractivity contribution is 6.30. The standard InChI is InChI=1S/C42H49ClN4O6/c43-34-19-17-33(18-20-34)42(51)21-23-47(24-22-42)27-35-25-38(31-13-11-30(28-48)12-14-31)53-41(52-35)32-15-9-29(10-16-32)26-45-39(49)7-3-4-8-40(50)46-37-6-2-1-5-36(37)44/h1-2,5-6,9-20,35,38,41,48,51H,3-4,7-8,21-28,44H2,(H,45,49)(H,46,50). The number of ether oxygens (including phenoxy) is 2. The molecule has 2 fully saturated rings. The largest absolute Gasteiger partial charge is 0.397 e. The highest BCUT2D eigenvalue weighted by Gasteiger charge is 2.37. The molecule has 2 saturated heterocycles. The molecule has 4 aromatic carbocycles. The monoisotopic (exact) mass is 740 g/mol. The third-order valence-corrected chi connectivity index (χ3v) is 10.4. The van der Waals surface area contributed by atoms with Gasteiger partial charge in [-0.3, -0.25) is 9.59 Å². The van der Waals surface area contributed by atoms with Gasteiger partial charge in [0.15, 0.2) is 6.29 Å². The number of aliphatic hydroxyl groups is 2. The van der Waals surface area contributed by atoms with Gasteiger partial charge in [0.1, 0.15) is 0 Å². The van der Waals surface area contributed by atoms with Crippen molar-refractivity contribution in [3.05, 3.63) is 130 Å². The predicted octanol–water partition coefficient (Wildman–Crippen LogP) is 6.76. The lowest BCUT2D eigenvalue weighted by molar-refractivity contribution is -0.253. The molecular weight excluding hydrogens is 692 g/mol. The average Bonchev–Trinajstić information content (AvgIpc) is 3.18. The van der Waals surface area contributed by atoms with Gasteiger partial charge in [-0.25, -0.2) is 0 Å². The van der Waals surface area contributed by atoms with Gasteiger partial charge in [0.25, 0.3) is 0 Å². The number of rotatable bonds is 14. The highest BCUT2D eigenvalue weighted by Crippen LogP contribution is 2.39. The third kappa shape index (κ3) is 10.7. The Morgan fingerprint density at radius 2 is 1.47 bits per heavy atom. The number of piperidine rings is 1. The number of hydrogen-bond donors (Lipinski definition) is 5. The number of nitrogens with two attached hydrogens (primary N) is 1. The summed E-state index contributed by atoms with van der Waals surface area (Å²) in [5, 5.41) is 27.4. The van der Waals surface area contributed by atoms with Crippen LogP contribution in [0.4, 0.5) is 11.4 Å². The van der Waals surface area contributed by atoms with Gasteiger partial charge in [-0.15, -0.1) is 0 Å². The van der Waals surface area contributed by atoms with Crippen molar-refractivity contribution in [3.8, 4) is 0 Å². The number of nitrogens with one attached hydrogen (secondary N) is 2. The Morgan fingerprint density at radius 1 is 0.830 bits per heavy atom. The number of carbonyl (C=O) groups is 2. The molecule has 280 valence electrons. The maximum absolute atomic E-state index is 12.5. The van der Waals surface area contributed by atoms with Crippen molar-refractivity contribution in [3.63, 3.8) is 0 Å². The molecule has 0 saturated carbocycles. The second-order valence-corrected chi connectivity index (χ2v) is 14.5. The first kappa shape index (κ1) is 38.4. The molecule has 0 spiro atoms. The van der Waals surface area contributed by atoms with Crippen molar-refractivity contribution in [2.24, 2.45) is 0 Å². The summed E-state index contributed by atoms with van der Waals surface area (Å²) in [4.78, 5) is 27.1. The van der Waals surface area contributed by atoms with E-state index in [4.69, 9.17) is 26.8 Å². The molecule has 0 radical (unpaired) electrons. The molecule has 6 rings (SSSR count). The van der Waals surface area contributed by atoms with Crippen molar-refractivity contribution >= 4 is 34.8 Å². The summed E-state index contributed by atoms with van der Waals surface area (Å²) in [7, 11) is 0. The maximum atomic E-state index is 12.5. The van der Waals surface area contributed by atoms with E-state index in [0.717, 1.165) is 40.9 Å². The molecule has 4 aromatic rings. The summed E-state index contributed by atoms with van der Waals surface area (Å²) >= 11 is 6.08. The van der Waals surface area contributed by atoms with Crippen LogP contribution in [0.15, 0.2) is 97.1 Å². The molecule has 11 heteroatoms. The number of anilines is 2. The Kier molecular flexibility index (Phi) is 13.2. The van der Waals surface area contributed by atoms with E-state index in [1.165, 1.54) is 0 Å². The summed E-state index contributed by atoms with van der Waals surface area (Å²) in [6.45, 7) is 2.55. The van der Waals surface area contributed by atoms with E-state index < -0.39 is 11.9 Å². The number of hydrogen-bond acceptors (Lipinski definition) is 8. The molecule has 2 aliphatic rings. The van der Waals surface area contributed by atoms with E-state index in [-0.39, 0.29) is 30.6 Å². The van der Waals surface area contributed by atoms with Crippen LogP contribution >= 0.6 is 11.6 Å². The van der Waals surface area contributed by atoms with Crippen LogP contribution in [0.2, 0.25) is 5.02 Å². The number of nitrogens with zero attached hydrogens (tertiary/aromatic N) is 1. The molecule has 6 N–H and O–H groups in total. The zero-order valence-electron chi connectivity index (χ0n) is 29.9. The number of unbranched alkanes of at least 4 members (excludes halogenated alkanes) is 1. The molecule has 10 nitrogen and oxygen atoms in total. The van der Waals surface area contributed by atoms with Gasteiger partial charge in [0.05, 0.1) is 35.8 Å². The smallest absolute Gasteiger partial charge is 0.224 e. The van der Waals surface area contributed by atoms with E-state index in [9.17, 15) is 19.8 Å². The molecule has 2 amide bonds. The second-order valence-electron chi connectivity index (χ2n) is 14.1. The number of nitrogen functional groups attached to an aromatic ring is 1. The topological polar surface area (TPSA) is 146 Å². The number of benzene rings is 4. The molecule has 53 heavy (non-hydrogen) atoms. The van der Waals surface area contributed by atoms with Gasteiger partial charge in [-0.05, 0) is 72.2 Å². The van der Waals surface area contributed by atoms with E-state index in [1.807, 2.05) is 84.9 Å². The Morgan fingerprint density at radius 3 is 2.15 bits per heavy atom. The zero-order valence-corrected chi connectivity index (χ0v) is 30.6. The van der Waals surface area contributed by atoms with Crippen LogP contribution in [0.25, 0.3) is 0 Å². The Labute approximate surface area is 316 Å². The molecule has 0 bridgehead atoms. The summed E-state index contributed by atoms with van der Waals surface area (Å²) in [5.74, 6) is -0.191. The van der Waals surface area contributed by atoms with Gasteiger partial charge >= 0.3 is 0 Å². The summed E-state index contributed by atoms with van der Waals surface area (Å²) in [6, 6.07) is 30.3. The third-order valence-electron chi connectivity index (χ3n) is 10.2. The SMILES string of the molecule is Nc1ccccc1NC(=O)CCCCC(=O)NCc1ccc(C2OC(CN3CCC(O)(c4ccc(Cl)cc4)CC3)CC(c3ccc(CO)cc3)O2)cc1. The summed E-state index contributed by atoms with van der Waals surface area (Å²) < 4.78 is 13.1. The average molecular weight is 741 g/mol. The fraction of sp³-hybridized carbons (Fsp3) is 0.381.